The van der Waals surface area contributed by atoms with E-state index in [-0.39, 0.29) is 0 Å². The van der Waals surface area contributed by atoms with Crippen molar-refractivity contribution in [1.29, 1.82) is 0 Å². The minimum Gasteiger partial charge on any atom is -0.363 e. The van der Waals surface area contributed by atoms with Crippen LogP contribution in [0.1, 0.15) is 0 Å². The smallest absolute Gasteiger partial charge is 0.363 e. The van der Waals surface area contributed by atoms with E-state index < -0.39 is 60.1 Å². The number of aliphatic hydroxyl groups is 2. The van der Waals surface area contributed by atoms with Crippen LogP contribution in [0.15, 0.2) is 0 Å². The molecule has 182 valence electrons. The molecular weight excluding hydrogens is 494 g/mol. The summed E-state index contributed by atoms with van der Waals surface area (Å²) < 4.78 is 230. The van der Waals surface area contributed by atoms with Crippen molar-refractivity contribution in [2.24, 2.45) is 0 Å². The van der Waals surface area contributed by atoms with E-state index in [0.29, 0.717) is 0 Å². The van der Waals surface area contributed by atoms with E-state index in [2.05, 4.69) is 0 Å². The van der Waals surface area contributed by atoms with Gasteiger partial charge in [-0.3, -0.25) is 0 Å². The van der Waals surface area contributed by atoms with Crippen LogP contribution < -0.4 is 0 Å². The average Bonchev–Trinajstić information content (AvgIpc) is 2.52. The molecule has 0 rings (SSSR count). The van der Waals surface area contributed by atoms with Crippen LogP contribution in [0.4, 0.5) is 79.0 Å². The van der Waals surface area contributed by atoms with Gasteiger partial charge in [0.1, 0.15) is 0 Å². The molecule has 0 aliphatic carbocycles. The maximum absolute atomic E-state index is 13.2. The van der Waals surface area contributed by atoms with Crippen LogP contribution in [0.5, 0.6) is 0 Å². The van der Waals surface area contributed by atoms with E-state index in [1.54, 1.807) is 0 Å². The molecule has 2 nitrogen and oxygen atoms in total. The summed E-state index contributed by atoms with van der Waals surface area (Å²) in [6, 6.07) is 0. The van der Waals surface area contributed by atoms with E-state index in [1.807, 2.05) is 0 Å². The van der Waals surface area contributed by atoms with Crippen molar-refractivity contribution in [3.8, 4) is 0 Å². The first-order valence-corrected chi connectivity index (χ1v) is 6.30. The molecule has 20 heteroatoms. The summed E-state index contributed by atoms with van der Waals surface area (Å²) in [5, 5.41) is 15.6. The van der Waals surface area contributed by atoms with Gasteiger partial charge in [-0.15, -0.1) is 0 Å². The second-order valence-electron chi connectivity index (χ2n) is 5.37. The minimum absolute atomic E-state index is 5.06. The molecule has 0 fully saturated rings. The second-order valence-corrected chi connectivity index (χ2v) is 5.37. The van der Waals surface area contributed by atoms with E-state index in [4.69, 9.17) is 10.2 Å². The Labute approximate surface area is 151 Å². The lowest BCUT2D eigenvalue weighted by Crippen LogP contribution is -2.76. The minimum atomic E-state index is -8.84. The molecule has 0 unspecified atom stereocenters. The van der Waals surface area contributed by atoms with Crippen LogP contribution in [0, 0.1) is 0 Å². The Kier molecular flexibility index (Phi) is 6.77. The molecule has 2 N–H and O–H groups in total. The molecular formula is C10H4F18O2. The normalized spacial score (nSPS) is 16.6. The van der Waals surface area contributed by atoms with Gasteiger partial charge in [-0.05, 0) is 0 Å². The molecule has 0 aliphatic rings. The van der Waals surface area contributed by atoms with E-state index >= 15 is 0 Å². The maximum Gasteiger partial charge on any atom is 0.385 e. The maximum atomic E-state index is 13.2. The standard InChI is InChI=1S/C10H4F18O2/c11-1(12)3(13,14)5(17,18)7(21,22)9(25,26)10(27,28)8(23,24)6(19,20)4(15,16)2(29)30/h1-2,29-30H. The molecule has 0 atom stereocenters. The number of rotatable bonds is 9. The molecule has 0 heterocycles. The van der Waals surface area contributed by atoms with Gasteiger partial charge < -0.3 is 10.2 Å². The largest absolute Gasteiger partial charge is 0.385 e. The van der Waals surface area contributed by atoms with Gasteiger partial charge in [-0.25, -0.2) is 8.78 Å². The zero-order chi connectivity index (χ0) is 25.2. The molecule has 0 radical (unpaired) electrons. The predicted molar refractivity (Wildman–Crippen MR) is 53.8 cm³/mol. The van der Waals surface area contributed by atoms with Gasteiger partial charge in [-0.2, -0.15) is 70.2 Å². The average molecular weight is 498 g/mol. The summed E-state index contributed by atoms with van der Waals surface area (Å²) in [7, 11) is 0. The Balaban J connectivity index is 6.82. The molecule has 0 spiro atoms. The fourth-order valence-corrected chi connectivity index (χ4v) is 1.51. The van der Waals surface area contributed by atoms with Gasteiger partial charge in [0, 0.05) is 0 Å². The van der Waals surface area contributed by atoms with E-state index in [0.717, 1.165) is 0 Å². The van der Waals surface area contributed by atoms with Crippen LogP contribution in [0.3, 0.4) is 0 Å². The Morgan fingerprint density at radius 1 is 0.367 bits per heavy atom. The monoisotopic (exact) mass is 498 g/mol. The van der Waals surface area contributed by atoms with Crippen LogP contribution in [-0.2, 0) is 0 Å². The van der Waals surface area contributed by atoms with Crippen LogP contribution in [0.2, 0.25) is 0 Å². The lowest BCUT2D eigenvalue weighted by atomic mass is 9.87. The second kappa shape index (κ2) is 7.09. The van der Waals surface area contributed by atoms with E-state index in [1.165, 1.54) is 0 Å². The summed E-state index contributed by atoms with van der Waals surface area (Å²) in [6.07, 6.45) is -11.1. The first-order valence-electron chi connectivity index (χ1n) is 6.30. The third kappa shape index (κ3) is 3.24. The highest BCUT2D eigenvalue weighted by Gasteiger charge is 2.95. The number of alkyl halides is 18. The highest BCUT2D eigenvalue weighted by Crippen LogP contribution is 2.64. The quantitative estimate of drug-likeness (QED) is 0.360. The highest BCUT2D eigenvalue weighted by molar-refractivity contribution is 5.16. The number of hydrogen-bond acceptors (Lipinski definition) is 2. The first kappa shape index (κ1) is 28.7. The van der Waals surface area contributed by atoms with Crippen LogP contribution in [0.25, 0.3) is 0 Å². The lowest BCUT2D eigenvalue weighted by Gasteiger charge is -2.43. The number of aliphatic hydroxyl groups excluding tert-OH is 1. The van der Waals surface area contributed by atoms with Crippen molar-refractivity contribution in [1.82, 2.24) is 0 Å². The summed E-state index contributed by atoms with van der Waals surface area (Å²) in [6.45, 7) is 0. The summed E-state index contributed by atoms with van der Waals surface area (Å²) in [5.41, 5.74) is 0. The summed E-state index contributed by atoms with van der Waals surface area (Å²) in [4.78, 5) is 0. The molecule has 0 aromatic carbocycles. The van der Waals surface area contributed by atoms with Crippen molar-refractivity contribution in [2.75, 3.05) is 0 Å². The molecule has 0 aromatic heterocycles. The lowest BCUT2D eigenvalue weighted by molar-refractivity contribution is -0.463. The Hall–Kier alpha value is -1.34. The van der Waals surface area contributed by atoms with Crippen LogP contribution in [-0.4, -0.2) is 70.3 Å². The Bertz CT molecular complexity index is 568. The van der Waals surface area contributed by atoms with Gasteiger partial charge >= 0.3 is 53.8 Å². The van der Waals surface area contributed by atoms with Gasteiger partial charge in [0.15, 0.2) is 0 Å². The molecule has 30 heavy (non-hydrogen) atoms. The topological polar surface area (TPSA) is 40.5 Å². The summed E-state index contributed by atoms with van der Waals surface area (Å²) in [5.74, 6) is -66.3. The van der Waals surface area contributed by atoms with E-state index in [9.17, 15) is 79.0 Å². The fraction of sp³-hybridized carbons (Fsp3) is 1.00. The fourth-order valence-electron chi connectivity index (χ4n) is 1.51. The van der Waals surface area contributed by atoms with Crippen molar-refractivity contribution in [3.63, 3.8) is 0 Å². The predicted octanol–water partition coefficient (Wildman–Crippen LogP) is 4.64. The van der Waals surface area contributed by atoms with Gasteiger partial charge in [0.05, 0.1) is 0 Å². The van der Waals surface area contributed by atoms with Crippen LogP contribution >= 0.6 is 0 Å². The van der Waals surface area contributed by atoms with Crippen molar-refractivity contribution in [2.45, 2.75) is 60.1 Å². The third-order valence-corrected chi connectivity index (χ3v) is 3.41. The molecule has 0 amide bonds. The molecule has 0 bridgehead atoms. The van der Waals surface area contributed by atoms with Crippen molar-refractivity contribution in [3.05, 3.63) is 0 Å². The van der Waals surface area contributed by atoms with Gasteiger partial charge in [0.2, 0.25) is 6.29 Å². The molecule has 0 aliphatic heterocycles. The Morgan fingerprint density at radius 3 is 0.767 bits per heavy atom. The zero-order valence-electron chi connectivity index (χ0n) is 12.9. The van der Waals surface area contributed by atoms with Gasteiger partial charge in [-0.1, -0.05) is 0 Å². The first-order chi connectivity index (χ1) is 12.6. The van der Waals surface area contributed by atoms with Gasteiger partial charge in [0.25, 0.3) is 0 Å². The number of halogens is 18. The Morgan fingerprint density at radius 2 is 0.567 bits per heavy atom. The highest BCUT2D eigenvalue weighted by atomic mass is 19.4. The van der Waals surface area contributed by atoms with Crippen molar-refractivity contribution >= 4 is 0 Å². The summed E-state index contributed by atoms with van der Waals surface area (Å²) >= 11 is 0. The molecule has 0 aromatic rings. The van der Waals surface area contributed by atoms with Crippen molar-refractivity contribution < 1.29 is 89.2 Å². The number of hydrogen-bond donors (Lipinski definition) is 2. The SMILES string of the molecule is OC(O)C(F)(F)C(F)(F)C(F)(F)C(F)(F)C(F)(F)C(F)(F)C(F)(F)C(F)(F)C(F)F. The molecule has 0 saturated heterocycles. The third-order valence-electron chi connectivity index (χ3n) is 3.41. The zero-order valence-corrected chi connectivity index (χ0v) is 12.9. The molecule has 0 saturated carbocycles.